The highest BCUT2D eigenvalue weighted by Crippen LogP contribution is 2.38. The second-order valence-corrected chi connectivity index (χ2v) is 3.78. The summed E-state index contributed by atoms with van der Waals surface area (Å²) in [5, 5.41) is 8.66. The van der Waals surface area contributed by atoms with E-state index in [1.54, 1.807) is 6.07 Å². The second kappa shape index (κ2) is 4.61. The first-order valence-corrected chi connectivity index (χ1v) is 5.26. The van der Waals surface area contributed by atoms with Gasteiger partial charge >= 0.3 is 6.18 Å². The molecule has 6 heteroatoms. The quantitative estimate of drug-likeness (QED) is 0.859. The number of anilines is 1. The van der Waals surface area contributed by atoms with Gasteiger partial charge in [0.25, 0.3) is 0 Å². The molecule has 0 atom stereocenters. The molecule has 1 aromatic heterocycles. The fourth-order valence-electron chi connectivity index (χ4n) is 1.73. The molecular weight excluding hydrogens is 255 g/mol. The van der Waals surface area contributed by atoms with Crippen molar-refractivity contribution >= 4 is 5.82 Å². The summed E-state index contributed by atoms with van der Waals surface area (Å²) in [5.41, 5.74) is 5.00. The molecule has 0 spiro atoms. The summed E-state index contributed by atoms with van der Waals surface area (Å²) >= 11 is 0. The highest BCUT2D eigenvalue weighted by atomic mass is 19.4. The molecule has 0 aliphatic rings. The zero-order valence-electron chi connectivity index (χ0n) is 9.57. The Morgan fingerprint density at radius 1 is 1.05 bits per heavy atom. The number of rotatable bonds is 1. The van der Waals surface area contributed by atoms with E-state index in [9.17, 15) is 13.2 Å². The predicted octanol–water partition coefficient (Wildman–Crippen LogP) is 3.22. The van der Waals surface area contributed by atoms with Crippen LogP contribution in [-0.2, 0) is 6.18 Å². The minimum Gasteiger partial charge on any atom is -0.383 e. The van der Waals surface area contributed by atoms with Crippen molar-refractivity contribution in [2.24, 2.45) is 0 Å². The molecule has 2 aromatic rings. The van der Waals surface area contributed by atoms with Gasteiger partial charge in [0.05, 0.1) is 5.56 Å². The van der Waals surface area contributed by atoms with Crippen molar-refractivity contribution in [3.8, 4) is 17.2 Å². The molecule has 1 aromatic carbocycles. The Bertz CT molecular complexity index is 657. The lowest BCUT2D eigenvalue weighted by molar-refractivity contribution is -0.137. The minimum atomic E-state index is -4.48. The van der Waals surface area contributed by atoms with Crippen molar-refractivity contribution in [2.75, 3.05) is 5.73 Å². The predicted molar refractivity (Wildman–Crippen MR) is 63.8 cm³/mol. The van der Waals surface area contributed by atoms with E-state index in [0.717, 1.165) is 6.07 Å². The van der Waals surface area contributed by atoms with Gasteiger partial charge in [0.2, 0.25) is 0 Å². The molecule has 0 aliphatic carbocycles. The second-order valence-electron chi connectivity index (χ2n) is 3.78. The van der Waals surface area contributed by atoms with Gasteiger partial charge in [-0.1, -0.05) is 18.2 Å². The molecule has 0 unspecified atom stereocenters. The van der Waals surface area contributed by atoms with E-state index >= 15 is 0 Å². The summed E-state index contributed by atoms with van der Waals surface area (Å²) in [6.07, 6.45) is -4.48. The smallest absolute Gasteiger partial charge is 0.383 e. The lowest BCUT2D eigenvalue weighted by atomic mass is 9.99. The van der Waals surface area contributed by atoms with Gasteiger partial charge in [-0.15, -0.1) is 0 Å². The van der Waals surface area contributed by atoms with Gasteiger partial charge in [-0.2, -0.15) is 18.4 Å². The van der Waals surface area contributed by atoms with Crippen LogP contribution in [0.3, 0.4) is 0 Å². The Balaban J connectivity index is 2.64. The summed E-state index contributed by atoms with van der Waals surface area (Å²) in [7, 11) is 0. The molecular formula is C13H8F3N3. The molecule has 2 rings (SSSR count). The Morgan fingerprint density at radius 3 is 2.32 bits per heavy atom. The molecule has 96 valence electrons. The van der Waals surface area contributed by atoms with Crippen molar-refractivity contribution in [1.82, 2.24) is 4.98 Å². The maximum absolute atomic E-state index is 12.9. The van der Waals surface area contributed by atoms with E-state index in [1.807, 2.05) is 0 Å². The Morgan fingerprint density at radius 2 is 1.74 bits per heavy atom. The molecule has 0 aliphatic heterocycles. The van der Waals surface area contributed by atoms with Crippen LogP contribution >= 0.6 is 0 Å². The number of hydrogen-bond donors (Lipinski definition) is 1. The molecule has 0 saturated carbocycles. The van der Waals surface area contributed by atoms with Gasteiger partial charge in [-0.3, -0.25) is 0 Å². The highest BCUT2D eigenvalue weighted by molar-refractivity contribution is 5.77. The van der Waals surface area contributed by atoms with Gasteiger partial charge in [-0.25, -0.2) is 4.98 Å². The Labute approximate surface area is 107 Å². The Hall–Kier alpha value is -2.55. The largest absolute Gasteiger partial charge is 0.417 e. The molecule has 3 nitrogen and oxygen atoms in total. The SMILES string of the molecule is N#Cc1ccc(-c2ccccc2C(F)(F)F)c(N)n1. The average molecular weight is 263 g/mol. The van der Waals surface area contributed by atoms with Crippen LogP contribution in [0.25, 0.3) is 11.1 Å². The molecule has 0 saturated heterocycles. The fraction of sp³-hybridized carbons (Fsp3) is 0.0769. The average Bonchev–Trinajstić information content (AvgIpc) is 2.37. The van der Waals surface area contributed by atoms with Gasteiger partial charge in [0, 0.05) is 5.56 Å². The van der Waals surface area contributed by atoms with Crippen LogP contribution in [-0.4, -0.2) is 4.98 Å². The molecule has 0 radical (unpaired) electrons. The molecule has 0 amide bonds. The molecule has 19 heavy (non-hydrogen) atoms. The van der Waals surface area contributed by atoms with E-state index in [0.29, 0.717) is 0 Å². The topological polar surface area (TPSA) is 62.7 Å². The number of halogens is 3. The number of pyridine rings is 1. The number of alkyl halides is 3. The molecule has 0 fully saturated rings. The summed E-state index contributed by atoms with van der Waals surface area (Å²) in [5.74, 6) is -0.101. The minimum absolute atomic E-state index is 0.0514. The normalized spacial score (nSPS) is 11.1. The zero-order valence-corrected chi connectivity index (χ0v) is 9.57. The van der Waals surface area contributed by atoms with Crippen LogP contribution in [0.4, 0.5) is 19.0 Å². The summed E-state index contributed by atoms with van der Waals surface area (Å²) < 4.78 is 38.7. The first kappa shape index (κ1) is 12.9. The lowest BCUT2D eigenvalue weighted by Gasteiger charge is -2.13. The van der Waals surface area contributed by atoms with Gasteiger partial charge in [0.15, 0.2) is 0 Å². The van der Waals surface area contributed by atoms with E-state index in [-0.39, 0.29) is 22.6 Å². The standard InChI is InChI=1S/C13H8F3N3/c14-13(15,16)11-4-2-1-3-9(11)10-6-5-8(7-17)19-12(10)18/h1-6H,(H2,18,19). The molecule has 0 bridgehead atoms. The number of nitriles is 1. The summed E-state index contributed by atoms with van der Waals surface area (Å²) in [6.45, 7) is 0. The van der Waals surface area contributed by atoms with Crippen LogP contribution in [0.15, 0.2) is 36.4 Å². The zero-order chi connectivity index (χ0) is 14.0. The number of nitrogens with zero attached hydrogens (tertiary/aromatic N) is 2. The highest BCUT2D eigenvalue weighted by Gasteiger charge is 2.33. The van der Waals surface area contributed by atoms with Crippen molar-refractivity contribution in [1.29, 1.82) is 5.26 Å². The first-order chi connectivity index (χ1) is 8.93. The van der Waals surface area contributed by atoms with E-state index < -0.39 is 11.7 Å². The number of aromatic nitrogens is 1. The number of benzene rings is 1. The molecule has 1 heterocycles. The number of nitrogen functional groups attached to an aromatic ring is 1. The van der Waals surface area contributed by atoms with Crippen LogP contribution in [0, 0.1) is 11.3 Å². The van der Waals surface area contributed by atoms with Gasteiger partial charge < -0.3 is 5.73 Å². The number of hydrogen-bond acceptors (Lipinski definition) is 3. The van der Waals surface area contributed by atoms with Crippen molar-refractivity contribution < 1.29 is 13.2 Å². The van der Waals surface area contributed by atoms with E-state index in [2.05, 4.69) is 4.98 Å². The maximum Gasteiger partial charge on any atom is 0.417 e. The van der Waals surface area contributed by atoms with Crippen LogP contribution < -0.4 is 5.73 Å². The third kappa shape index (κ3) is 2.50. The third-order valence-electron chi connectivity index (χ3n) is 2.56. The lowest BCUT2D eigenvalue weighted by Crippen LogP contribution is -2.08. The van der Waals surface area contributed by atoms with E-state index in [4.69, 9.17) is 11.0 Å². The molecule has 2 N–H and O–H groups in total. The van der Waals surface area contributed by atoms with Crippen molar-refractivity contribution in [3.05, 3.63) is 47.7 Å². The van der Waals surface area contributed by atoms with Crippen LogP contribution in [0.2, 0.25) is 0 Å². The van der Waals surface area contributed by atoms with Gasteiger partial charge in [0.1, 0.15) is 17.6 Å². The maximum atomic E-state index is 12.9. The van der Waals surface area contributed by atoms with Gasteiger partial charge in [-0.05, 0) is 23.8 Å². The summed E-state index contributed by atoms with van der Waals surface area (Å²) in [6, 6.07) is 9.57. The van der Waals surface area contributed by atoms with Crippen molar-refractivity contribution in [2.45, 2.75) is 6.18 Å². The first-order valence-electron chi connectivity index (χ1n) is 5.26. The monoisotopic (exact) mass is 263 g/mol. The third-order valence-corrected chi connectivity index (χ3v) is 2.56. The van der Waals surface area contributed by atoms with Crippen LogP contribution in [0.1, 0.15) is 11.3 Å². The fourth-order valence-corrected chi connectivity index (χ4v) is 1.73. The Kier molecular flexibility index (Phi) is 3.13. The van der Waals surface area contributed by atoms with Crippen LogP contribution in [0.5, 0.6) is 0 Å². The number of nitrogens with two attached hydrogens (primary N) is 1. The summed E-state index contributed by atoms with van der Waals surface area (Å²) in [4.78, 5) is 3.74. The van der Waals surface area contributed by atoms with Crippen molar-refractivity contribution in [3.63, 3.8) is 0 Å². The van der Waals surface area contributed by atoms with E-state index in [1.165, 1.54) is 30.3 Å².